The molecule has 0 bridgehead atoms. The lowest BCUT2D eigenvalue weighted by molar-refractivity contribution is 0.202. The molecule has 0 aliphatic carbocycles. The maximum Gasteiger partial charge on any atom is 0.00393 e. The molecule has 2 saturated heterocycles. The van der Waals surface area contributed by atoms with Crippen LogP contribution in [0.15, 0.2) is 0 Å². The summed E-state index contributed by atoms with van der Waals surface area (Å²) in [5.74, 6) is 3.47. The third kappa shape index (κ3) is 1.74. The van der Waals surface area contributed by atoms with Gasteiger partial charge in [0.2, 0.25) is 0 Å². The zero-order valence-corrected chi connectivity index (χ0v) is 9.28. The Hall–Kier alpha value is 0.270. The van der Waals surface area contributed by atoms with E-state index in [4.69, 9.17) is 5.73 Å². The fourth-order valence-electron chi connectivity index (χ4n) is 2.97. The van der Waals surface area contributed by atoms with Crippen molar-refractivity contribution in [2.24, 2.45) is 17.1 Å². The minimum Gasteiger partial charge on any atom is -0.330 e. The number of hydrogen-bond donors (Lipinski definition) is 1. The fraction of sp³-hybridized carbons (Fsp3) is 1.00. The van der Waals surface area contributed by atoms with E-state index in [-0.39, 0.29) is 0 Å². The molecule has 2 aliphatic rings. The largest absolute Gasteiger partial charge is 0.330 e. The molecule has 0 radical (unpaired) electrons. The van der Waals surface area contributed by atoms with Gasteiger partial charge >= 0.3 is 0 Å². The summed E-state index contributed by atoms with van der Waals surface area (Å²) >= 11 is 2.11. The number of hydrogen-bond acceptors (Lipinski definition) is 3. The summed E-state index contributed by atoms with van der Waals surface area (Å²) in [6, 6.07) is 0. The highest BCUT2D eigenvalue weighted by Gasteiger charge is 2.44. The first-order chi connectivity index (χ1) is 6.27. The molecule has 0 aromatic rings. The van der Waals surface area contributed by atoms with Crippen molar-refractivity contribution >= 4 is 11.8 Å². The van der Waals surface area contributed by atoms with E-state index in [1.54, 1.807) is 0 Å². The first kappa shape index (κ1) is 9.81. The van der Waals surface area contributed by atoms with Crippen LogP contribution in [0.3, 0.4) is 0 Å². The van der Waals surface area contributed by atoms with E-state index in [1.165, 1.54) is 37.4 Å². The number of thioether (sulfide) groups is 1. The summed E-state index contributed by atoms with van der Waals surface area (Å²) in [6.07, 6.45) is 2.79. The molecule has 13 heavy (non-hydrogen) atoms. The average molecular weight is 200 g/mol. The van der Waals surface area contributed by atoms with Crippen LogP contribution in [-0.4, -0.2) is 43.1 Å². The number of nitrogens with zero attached hydrogens (tertiary/aromatic N) is 1. The van der Waals surface area contributed by atoms with Crippen LogP contribution in [0.25, 0.3) is 0 Å². The van der Waals surface area contributed by atoms with Gasteiger partial charge in [0.15, 0.2) is 0 Å². The van der Waals surface area contributed by atoms with Crippen molar-refractivity contribution < 1.29 is 0 Å². The molecule has 2 heterocycles. The Bertz CT molecular complexity index is 178. The highest BCUT2D eigenvalue weighted by atomic mass is 32.2. The molecular formula is C10H20N2S. The van der Waals surface area contributed by atoms with E-state index in [0.29, 0.717) is 5.41 Å². The number of likely N-dealkylation sites (tertiary alicyclic amines) is 1. The van der Waals surface area contributed by atoms with Crippen molar-refractivity contribution in [2.45, 2.75) is 12.8 Å². The van der Waals surface area contributed by atoms with Crippen molar-refractivity contribution in [2.75, 3.05) is 38.2 Å². The zero-order chi connectivity index (χ0) is 9.31. The molecular weight excluding hydrogens is 180 g/mol. The van der Waals surface area contributed by atoms with E-state index >= 15 is 0 Å². The van der Waals surface area contributed by atoms with Crippen LogP contribution in [0.2, 0.25) is 0 Å². The molecule has 1 unspecified atom stereocenters. The van der Waals surface area contributed by atoms with Gasteiger partial charge in [0.05, 0.1) is 0 Å². The first-order valence-electron chi connectivity index (χ1n) is 5.23. The van der Waals surface area contributed by atoms with Gasteiger partial charge in [0.25, 0.3) is 0 Å². The summed E-state index contributed by atoms with van der Waals surface area (Å²) in [5.41, 5.74) is 6.46. The van der Waals surface area contributed by atoms with Gasteiger partial charge < -0.3 is 10.6 Å². The topological polar surface area (TPSA) is 29.3 Å². The molecule has 76 valence electrons. The fourth-order valence-corrected chi connectivity index (χ4v) is 4.28. The van der Waals surface area contributed by atoms with E-state index in [9.17, 15) is 0 Å². The Balaban J connectivity index is 2.09. The average Bonchev–Trinajstić information content (AvgIpc) is 2.43. The second kappa shape index (κ2) is 3.79. The molecule has 0 saturated carbocycles. The van der Waals surface area contributed by atoms with Crippen LogP contribution in [0.4, 0.5) is 0 Å². The third-order valence-electron chi connectivity index (χ3n) is 3.76. The standard InChI is InChI=1S/C10H20N2S/c1-12-7-9(6-11)10(8-12)2-4-13-5-3-10/h9H,2-8,11H2,1H3. The normalized spacial score (nSPS) is 34.2. The van der Waals surface area contributed by atoms with E-state index in [0.717, 1.165) is 12.5 Å². The minimum absolute atomic E-state index is 0.592. The van der Waals surface area contributed by atoms with Crippen LogP contribution >= 0.6 is 11.8 Å². The van der Waals surface area contributed by atoms with Crippen LogP contribution in [-0.2, 0) is 0 Å². The second-order valence-corrected chi connectivity index (χ2v) is 5.83. The Morgan fingerprint density at radius 2 is 2.15 bits per heavy atom. The molecule has 2 nitrogen and oxygen atoms in total. The van der Waals surface area contributed by atoms with Gasteiger partial charge in [0.1, 0.15) is 0 Å². The van der Waals surface area contributed by atoms with Crippen LogP contribution in [0, 0.1) is 11.3 Å². The highest BCUT2D eigenvalue weighted by Crippen LogP contribution is 2.45. The molecule has 2 N–H and O–H groups in total. The lowest BCUT2D eigenvalue weighted by atomic mass is 9.73. The van der Waals surface area contributed by atoms with Gasteiger partial charge in [-0.2, -0.15) is 11.8 Å². The lowest BCUT2D eigenvalue weighted by Crippen LogP contribution is -2.37. The molecule has 1 spiro atoms. The molecule has 3 heteroatoms. The lowest BCUT2D eigenvalue weighted by Gasteiger charge is -2.37. The zero-order valence-electron chi connectivity index (χ0n) is 8.46. The maximum absolute atomic E-state index is 5.87. The Morgan fingerprint density at radius 1 is 1.46 bits per heavy atom. The molecule has 2 rings (SSSR count). The Kier molecular flexibility index (Phi) is 2.86. The molecule has 0 amide bonds. The van der Waals surface area contributed by atoms with E-state index in [1.807, 2.05) is 0 Å². The summed E-state index contributed by atoms with van der Waals surface area (Å²) in [5, 5.41) is 0. The van der Waals surface area contributed by atoms with Gasteiger partial charge in [-0.25, -0.2) is 0 Å². The minimum atomic E-state index is 0.592. The summed E-state index contributed by atoms with van der Waals surface area (Å²) < 4.78 is 0. The quantitative estimate of drug-likeness (QED) is 0.685. The Labute approximate surface area is 85.2 Å². The van der Waals surface area contributed by atoms with Gasteiger partial charge in [-0.1, -0.05) is 0 Å². The van der Waals surface area contributed by atoms with Crippen molar-refractivity contribution in [3.8, 4) is 0 Å². The van der Waals surface area contributed by atoms with Crippen molar-refractivity contribution in [3.05, 3.63) is 0 Å². The van der Waals surface area contributed by atoms with Crippen LogP contribution < -0.4 is 5.73 Å². The first-order valence-corrected chi connectivity index (χ1v) is 6.39. The summed E-state index contributed by atoms with van der Waals surface area (Å²) in [6.45, 7) is 3.39. The van der Waals surface area contributed by atoms with Crippen molar-refractivity contribution in [3.63, 3.8) is 0 Å². The van der Waals surface area contributed by atoms with Gasteiger partial charge in [0, 0.05) is 13.1 Å². The second-order valence-electron chi connectivity index (χ2n) is 4.60. The SMILES string of the molecule is CN1CC(CN)C2(CCSCC2)C1. The summed E-state index contributed by atoms with van der Waals surface area (Å²) in [4.78, 5) is 2.47. The van der Waals surface area contributed by atoms with Gasteiger partial charge in [-0.3, -0.25) is 0 Å². The third-order valence-corrected chi connectivity index (χ3v) is 4.74. The summed E-state index contributed by atoms with van der Waals surface area (Å²) in [7, 11) is 2.24. The van der Waals surface area contributed by atoms with Gasteiger partial charge in [-0.15, -0.1) is 0 Å². The molecule has 1 atom stereocenters. The molecule has 0 aromatic carbocycles. The molecule has 0 aromatic heterocycles. The van der Waals surface area contributed by atoms with Crippen molar-refractivity contribution in [1.29, 1.82) is 0 Å². The van der Waals surface area contributed by atoms with E-state index in [2.05, 4.69) is 23.7 Å². The molecule has 2 aliphatic heterocycles. The van der Waals surface area contributed by atoms with Crippen molar-refractivity contribution in [1.82, 2.24) is 4.90 Å². The number of rotatable bonds is 1. The highest BCUT2D eigenvalue weighted by molar-refractivity contribution is 7.99. The monoisotopic (exact) mass is 200 g/mol. The van der Waals surface area contributed by atoms with Gasteiger partial charge in [-0.05, 0) is 49.3 Å². The predicted octanol–water partition coefficient (Wildman–Crippen LogP) is 1.02. The predicted molar refractivity (Wildman–Crippen MR) is 59.0 cm³/mol. The van der Waals surface area contributed by atoms with E-state index < -0.39 is 0 Å². The van der Waals surface area contributed by atoms with Crippen LogP contribution in [0.5, 0.6) is 0 Å². The molecule has 2 fully saturated rings. The smallest absolute Gasteiger partial charge is 0.00393 e. The Morgan fingerprint density at radius 3 is 2.77 bits per heavy atom. The number of nitrogens with two attached hydrogens (primary N) is 1. The maximum atomic E-state index is 5.87. The van der Waals surface area contributed by atoms with Crippen LogP contribution in [0.1, 0.15) is 12.8 Å².